The number of carbonyl (C=O) groups excluding carboxylic acids is 1. The quantitative estimate of drug-likeness (QED) is 0.507. The van der Waals surface area contributed by atoms with E-state index in [-0.39, 0.29) is 25.0 Å². The number of para-hydroxylation sites is 1. The molecule has 0 spiro atoms. The van der Waals surface area contributed by atoms with Gasteiger partial charge < -0.3 is 14.6 Å². The van der Waals surface area contributed by atoms with E-state index in [0.717, 1.165) is 24.1 Å². The fourth-order valence-corrected chi connectivity index (χ4v) is 2.76. The highest BCUT2D eigenvalue weighted by molar-refractivity contribution is 5.66. The average Bonchev–Trinajstić information content (AvgIpc) is 2.55. The zero-order valence-electron chi connectivity index (χ0n) is 16.2. The van der Waals surface area contributed by atoms with Crippen LogP contribution < -0.4 is 4.74 Å². The normalized spacial score (nSPS) is 11.4. The van der Waals surface area contributed by atoms with Crippen LogP contribution in [0.1, 0.15) is 64.0 Å². The first-order chi connectivity index (χ1) is 11.9. The van der Waals surface area contributed by atoms with Crippen molar-refractivity contribution in [3.63, 3.8) is 0 Å². The van der Waals surface area contributed by atoms with Gasteiger partial charge >= 0.3 is 6.16 Å². The predicted octanol–water partition coefficient (Wildman–Crippen LogP) is 4.15. The van der Waals surface area contributed by atoms with Crippen molar-refractivity contribution in [3.05, 3.63) is 29.3 Å². The maximum atomic E-state index is 12.1. The Bertz CT molecular complexity index is 496. The lowest BCUT2D eigenvalue weighted by atomic mass is 9.94. The molecule has 0 aliphatic carbocycles. The summed E-state index contributed by atoms with van der Waals surface area (Å²) in [6.07, 6.45) is 0.319. The van der Waals surface area contributed by atoms with Crippen LogP contribution in [0.2, 0.25) is 0 Å². The third kappa shape index (κ3) is 7.04. The zero-order valence-corrected chi connectivity index (χ0v) is 16.2. The summed E-state index contributed by atoms with van der Waals surface area (Å²) in [5, 5.41) is 9.06. The van der Waals surface area contributed by atoms with Crippen molar-refractivity contribution in [2.24, 2.45) is 0 Å². The molecule has 5 heteroatoms. The van der Waals surface area contributed by atoms with Crippen LogP contribution in [-0.4, -0.2) is 49.0 Å². The number of aliphatic hydroxyl groups excluding tert-OH is 1. The third-order valence-corrected chi connectivity index (χ3v) is 4.09. The summed E-state index contributed by atoms with van der Waals surface area (Å²) in [6.45, 7) is 12.8. The molecule has 0 unspecified atom stereocenters. The number of nitrogens with zero attached hydrogens (tertiary/aromatic N) is 1. The van der Waals surface area contributed by atoms with Gasteiger partial charge in [-0.25, -0.2) is 4.79 Å². The molecule has 25 heavy (non-hydrogen) atoms. The zero-order chi connectivity index (χ0) is 18.8. The van der Waals surface area contributed by atoms with Crippen LogP contribution in [0.3, 0.4) is 0 Å². The van der Waals surface area contributed by atoms with E-state index in [1.54, 1.807) is 0 Å². The molecule has 0 amide bonds. The topological polar surface area (TPSA) is 59.0 Å². The summed E-state index contributed by atoms with van der Waals surface area (Å²) < 4.78 is 10.8. The smallest absolute Gasteiger partial charge is 0.433 e. The molecule has 0 bridgehead atoms. The third-order valence-electron chi connectivity index (χ3n) is 4.09. The molecular weight excluding hydrogens is 318 g/mol. The van der Waals surface area contributed by atoms with Crippen molar-refractivity contribution >= 4 is 6.16 Å². The molecule has 1 aromatic carbocycles. The molecule has 1 N–H and O–H groups in total. The monoisotopic (exact) mass is 351 g/mol. The van der Waals surface area contributed by atoms with E-state index in [1.807, 2.05) is 18.2 Å². The lowest BCUT2D eigenvalue weighted by Crippen LogP contribution is -2.32. The van der Waals surface area contributed by atoms with Gasteiger partial charge in [0.15, 0.2) is 0 Å². The molecule has 0 saturated carbocycles. The molecule has 0 aliphatic heterocycles. The summed E-state index contributed by atoms with van der Waals surface area (Å²) in [6, 6.07) is 5.98. The first kappa shape index (κ1) is 21.5. The summed E-state index contributed by atoms with van der Waals surface area (Å²) in [7, 11) is 0. The number of carbonyl (C=O) groups is 1. The summed E-state index contributed by atoms with van der Waals surface area (Å²) in [5.41, 5.74) is 2.02. The van der Waals surface area contributed by atoms with Gasteiger partial charge in [0.2, 0.25) is 0 Å². The first-order valence-corrected chi connectivity index (χ1v) is 9.21. The van der Waals surface area contributed by atoms with Crippen molar-refractivity contribution < 1.29 is 19.4 Å². The van der Waals surface area contributed by atoms with Crippen LogP contribution in [0.15, 0.2) is 18.2 Å². The van der Waals surface area contributed by atoms with Crippen molar-refractivity contribution in [3.8, 4) is 5.75 Å². The van der Waals surface area contributed by atoms with Crippen molar-refractivity contribution in [2.75, 3.05) is 32.8 Å². The predicted molar refractivity (Wildman–Crippen MR) is 100 cm³/mol. The second-order valence-corrected chi connectivity index (χ2v) is 6.84. The molecule has 0 aromatic heterocycles. The molecule has 5 nitrogen and oxygen atoms in total. The molecule has 0 fully saturated rings. The van der Waals surface area contributed by atoms with Gasteiger partial charge in [0.1, 0.15) is 12.4 Å². The molecule has 1 rings (SSSR count). The van der Waals surface area contributed by atoms with E-state index < -0.39 is 6.16 Å². The van der Waals surface area contributed by atoms with E-state index in [1.165, 1.54) is 0 Å². The number of benzene rings is 1. The average molecular weight is 351 g/mol. The van der Waals surface area contributed by atoms with Crippen LogP contribution in [0.4, 0.5) is 4.79 Å². The van der Waals surface area contributed by atoms with Crippen molar-refractivity contribution in [2.45, 2.75) is 52.9 Å². The lowest BCUT2D eigenvalue weighted by molar-refractivity contribution is 0.0829. The minimum Gasteiger partial charge on any atom is -0.433 e. The van der Waals surface area contributed by atoms with Gasteiger partial charge in [-0.2, -0.15) is 0 Å². The molecule has 1 aromatic rings. The highest BCUT2D eigenvalue weighted by Crippen LogP contribution is 2.34. The number of ether oxygens (including phenoxy) is 2. The Hall–Kier alpha value is -1.59. The van der Waals surface area contributed by atoms with E-state index in [9.17, 15) is 4.79 Å². The summed E-state index contributed by atoms with van der Waals surface area (Å²) in [5.74, 6) is 1.13. The maximum Gasteiger partial charge on any atom is 0.513 e. The highest BCUT2D eigenvalue weighted by Gasteiger charge is 2.19. The van der Waals surface area contributed by atoms with Crippen molar-refractivity contribution in [1.29, 1.82) is 0 Å². The van der Waals surface area contributed by atoms with Gasteiger partial charge in [-0.1, -0.05) is 52.8 Å². The molecule has 0 radical (unpaired) electrons. The Morgan fingerprint density at radius 1 is 1.08 bits per heavy atom. The fraction of sp³-hybridized carbons (Fsp3) is 0.650. The van der Waals surface area contributed by atoms with Crippen LogP contribution in [-0.2, 0) is 4.74 Å². The number of hydrogen-bond acceptors (Lipinski definition) is 5. The van der Waals surface area contributed by atoms with E-state index in [4.69, 9.17) is 14.6 Å². The van der Waals surface area contributed by atoms with E-state index in [0.29, 0.717) is 18.8 Å². The number of aliphatic hydroxyl groups is 1. The summed E-state index contributed by atoms with van der Waals surface area (Å²) >= 11 is 0. The minimum atomic E-state index is -0.671. The van der Waals surface area contributed by atoms with Crippen LogP contribution in [0.5, 0.6) is 5.75 Å². The van der Waals surface area contributed by atoms with Crippen LogP contribution >= 0.6 is 0 Å². The Kier molecular flexibility index (Phi) is 9.53. The van der Waals surface area contributed by atoms with Gasteiger partial charge in [0, 0.05) is 13.1 Å². The first-order valence-electron chi connectivity index (χ1n) is 9.21. The molecule has 0 heterocycles. The van der Waals surface area contributed by atoms with Gasteiger partial charge in [-0.15, -0.1) is 0 Å². The molecule has 0 atom stereocenters. The number of hydrogen-bond donors (Lipinski definition) is 1. The fourth-order valence-electron chi connectivity index (χ4n) is 2.76. The number of rotatable bonds is 10. The maximum absolute atomic E-state index is 12.1. The van der Waals surface area contributed by atoms with E-state index >= 15 is 0 Å². The standard InChI is InChI=1S/C20H33NO4/c1-6-10-21(11-13-22)12-14-24-20(23)25-19-17(15(2)3)8-7-9-18(19)16(4)5/h7-9,15-16,22H,6,10-14H2,1-5H3. The Balaban J connectivity index is 2.70. The van der Waals surface area contributed by atoms with Crippen molar-refractivity contribution in [1.82, 2.24) is 4.90 Å². The second kappa shape index (κ2) is 11.1. The van der Waals surface area contributed by atoms with Gasteiger partial charge in [0.05, 0.1) is 6.61 Å². The molecule has 0 aliphatic rings. The second-order valence-electron chi connectivity index (χ2n) is 6.84. The highest BCUT2D eigenvalue weighted by atomic mass is 16.7. The Morgan fingerprint density at radius 3 is 2.16 bits per heavy atom. The molecule has 142 valence electrons. The van der Waals surface area contributed by atoms with Crippen LogP contribution in [0, 0.1) is 0 Å². The Morgan fingerprint density at radius 2 is 1.68 bits per heavy atom. The Labute approximate surface area is 151 Å². The van der Waals surface area contributed by atoms with Gasteiger partial charge in [0.25, 0.3) is 0 Å². The molecule has 0 saturated heterocycles. The van der Waals surface area contributed by atoms with Gasteiger partial charge in [-0.3, -0.25) is 4.90 Å². The van der Waals surface area contributed by atoms with E-state index in [2.05, 4.69) is 39.5 Å². The van der Waals surface area contributed by atoms with Gasteiger partial charge in [-0.05, 0) is 35.9 Å². The minimum absolute atomic E-state index is 0.101. The molecular formula is C20H33NO4. The largest absolute Gasteiger partial charge is 0.513 e. The SMILES string of the molecule is CCCN(CCO)CCOC(=O)Oc1c(C(C)C)cccc1C(C)C. The summed E-state index contributed by atoms with van der Waals surface area (Å²) in [4.78, 5) is 14.2. The van der Waals surface area contributed by atoms with Crippen LogP contribution in [0.25, 0.3) is 0 Å². The lowest BCUT2D eigenvalue weighted by Gasteiger charge is -2.21.